The maximum atomic E-state index is 13.0. The number of carbonyl (C=O) groups excluding carboxylic acids is 1. The van der Waals surface area contributed by atoms with Gasteiger partial charge in [0.25, 0.3) is 0 Å². The summed E-state index contributed by atoms with van der Waals surface area (Å²) in [5, 5.41) is 0. The fourth-order valence-corrected chi connectivity index (χ4v) is 5.27. The Morgan fingerprint density at radius 3 is 2.09 bits per heavy atom. The number of ketones is 1. The summed E-state index contributed by atoms with van der Waals surface area (Å²) in [5.74, 6) is 2.33. The smallest absolute Gasteiger partial charge is 0.155 e. The number of rotatable bonds is 2. The van der Waals surface area contributed by atoms with Crippen molar-refractivity contribution in [1.82, 2.24) is 4.90 Å². The standard InChI is InChI=1S/C20H35NO/c1-18(2,3)17(22)16-12-20(13-21(16)19(4,5)6)11-15(20)14-9-7-8-10-14/h14-16H,7-13H2,1-6H3/t15?,16-,20-/m0/s1. The van der Waals surface area contributed by atoms with Crippen molar-refractivity contribution in [3.63, 3.8) is 0 Å². The van der Waals surface area contributed by atoms with Crippen molar-refractivity contribution in [2.75, 3.05) is 6.54 Å². The summed E-state index contributed by atoms with van der Waals surface area (Å²) in [6.07, 6.45) is 8.27. The number of likely N-dealkylation sites (tertiary alicyclic amines) is 1. The van der Waals surface area contributed by atoms with Crippen LogP contribution in [0.1, 0.15) is 80.1 Å². The number of nitrogens with zero attached hydrogens (tertiary/aromatic N) is 1. The molecule has 3 fully saturated rings. The molecule has 1 unspecified atom stereocenters. The molecule has 0 aromatic rings. The Bertz CT molecular complexity index is 449. The van der Waals surface area contributed by atoms with E-state index in [4.69, 9.17) is 0 Å². The van der Waals surface area contributed by atoms with E-state index >= 15 is 0 Å². The zero-order valence-electron chi connectivity index (χ0n) is 15.5. The largest absolute Gasteiger partial charge is 0.297 e. The third kappa shape index (κ3) is 2.77. The minimum absolute atomic E-state index is 0.0951. The van der Waals surface area contributed by atoms with Gasteiger partial charge in [0.1, 0.15) is 0 Å². The Kier molecular flexibility index (Phi) is 3.79. The molecule has 1 heterocycles. The second-order valence-corrected chi connectivity index (χ2v) is 10.4. The van der Waals surface area contributed by atoms with Crippen molar-refractivity contribution < 1.29 is 4.79 Å². The minimum atomic E-state index is -0.225. The van der Waals surface area contributed by atoms with E-state index in [0.717, 1.165) is 24.8 Å². The Morgan fingerprint density at radius 1 is 1.00 bits per heavy atom. The highest BCUT2D eigenvalue weighted by atomic mass is 16.1. The average molecular weight is 306 g/mol. The van der Waals surface area contributed by atoms with Crippen LogP contribution >= 0.6 is 0 Å². The monoisotopic (exact) mass is 305 g/mol. The summed E-state index contributed by atoms with van der Waals surface area (Å²) in [7, 11) is 0. The quantitative estimate of drug-likeness (QED) is 0.739. The first-order valence-corrected chi connectivity index (χ1v) is 9.36. The number of Topliss-reactive ketones (excluding diaryl/α,β-unsaturated/α-hetero) is 1. The van der Waals surface area contributed by atoms with Crippen molar-refractivity contribution in [2.24, 2.45) is 22.7 Å². The first kappa shape index (κ1) is 16.5. The summed E-state index contributed by atoms with van der Waals surface area (Å²) in [5.41, 5.74) is 0.350. The third-order valence-corrected chi connectivity index (χ3v) is 6.59. The molecule has 126 valence electrons. The summed E-state index contributed by atoms with van der Waals surface area (Å²) in [4.78, 5) is 15.6. The Hall–Kier alpha value is -0.370. The highest BCUT2D eigenvalue weighted by molar-refractivity contribution is 5.89. The molecule has 1 spiro atoms. The topological polar surface area (TPSA) is 20.3 Å². The lowest BCUT2D eigenvalue weighted by Crippen LogP contribution is -2.50. The lowest BCUT2D eigenvalue weighted by Gasteiger charge is -2.38. The lowest BCUT2D eigenvalue weighted by atomic mass is 9.82. The molecule has 2 aliphatic carbocycles. The van der Waals surface area contributed by atoms with Crippen molar-refractivity contribution in [3.8, 4) is 0 Å². The summed E-state index contributed by atoms with van der Waals surface area (Å²) >= 11 is 0. The van der Waals surface area contributed by atoms with Gasteiger partial charge in [-0.3, -0.25) is 9.69 Å². The predicted molar refractivity (Wildman–Crippen MR) is 91.8 cm³/mol. The minimum Gasteiger partial charge on any atom is -0.297 e. The molecule has 0 N–H and O–H groups in total. The van der Waals surface area contributed by atoms with Gasteiger partial charge < -0.3 is 0 Å². The molecule has 0 aromatic heterocycles. The van der Waals surface area contributed by atoms with Gasteiger partial charge in [-0.05, 0) is 50.9 Å². The number of hydrogen-bond donors (Lipinski definition) is 0. The van der Waals surface area contributed by atoms with Gasteiger partial charge in [0.05, 0.1) is 6.04 Å². The van der Waals surface area contributed by atoms with Crippen LogP contribution in [0.25, 0.3) is 0 Å². The van der Waals surface area contributed by atoms with Gasteiger partial charge in [-0.2, -0.15) is 0 Å². The van der Waals surface area contributed by atoms with Crippen LogP contribution in [0.4, 0.5) is 0 Å². The van der Waals surface area contributed by atoms with Crippen LogP contribution < -0.4 is 0 Å². The first-order chi connectivity index (χ1) is 10.0. The summed E-state index contributed by atoms with van der Waals surface area (Å²) < 4.78 is 0. The molecule has 3 rings (SSSR count). The maximum Gasteiger partial charge on any atom is 0.155 e. The van der Waals surface area contributed by atoms with Crippen molar-refractivity contribution >= 4 is 5.78 Å². The van der Waals surface area contributed by atoms with E-state index in [2.05, 4.69) is 46.4 Å². The SMILES string of the molecule is CC(C)(C)C(=O)[C@@H]1C[C@@]2(CC2C2CCCC2)CN1C(C)(C)C. The van der Waals surface area contributed by atoms with Gasteiger partial charge in [0.2, 0.25) is 0 Å². The van der Waals surface area contributed by atoms with Crippen LogP contribution in [0, 0.1) is 22.7 Å². The van der Waals surface area contributed by atoms with Crippen molar-refractivity contribution in [1.29, 1.82) is 0 Å². The van der Waals surface area contributed by atoms with E-state index in [9.17, 15) is 4.79 Å². The summed E-state index contributed by atoms with van der Waals surface area (Å²) in [6.45, 7) is 14.3. The maximum absolute atomic E-state index is 13.0. The average Bonchev–Trinajstić information content (AvgIpc) is 2.80. The van der Waals surface area contributed by atoms with Gasteiger partial charge in [-0.15, -0.1) is 0 Å². The highest BCUT2D eigenvalue weighted by Gasteiger charge is 2.64. The third-order valence-electron chi connectivity index (χ3n) is 6.59. The Balaban J connectivity index is 1.79. The molecule has 1 aliphatic heterocycles. The summed E-state index contributed by atoms with van der Waals surface area (Å²) in [6, 6.07) is 0.145. The van der Waals surface area contributed by atoms with Gasteiger partial charge >= 0.3 is 0 Å². The molecule has 2 nitrogen and oxygen atoms in total. The zero-order chi connectivity index (χ0) is 16.3. The molecule has 3 aliphatic rings. The Morgan fingerprint density at radius 2 is 1.59 bits per heavy atom. The van der Waals surface area contributed by atoms with Crippen molar-refractivity contribution in [3.05, 3.63) is 0 Å². The molecule has 0 amide bonds. The van der Waals surface area contributed by atoms with Crippen LogP contribution in [0.15, 0.2) is 0 Å². The fourth-order valence-electron chi connectivity index (χ4n) is 5.27. The molecule has 0 bridgehead atoms. The highest BCUT2D eigenvalue weighted by Crippen LogP contribution is 2.66. The van der Waals surface area contributed by atoms with E-state index in [1.807, 2.05) is 0 Å². The molecule has 2 saturated carbocycles. The molecule has 1 saturated heterocycles. The van der Waals surface area contributed by atoms with E-state index in [1.165, 1.54) is 32.1 Å². The van der Waals surface area contributed by atoms with Crippen LogP contribution in [0.3, 0.4) is 0 Å². The fraction of sp³-hybridized carbons (Fsp3) is 0.950. The van der Waals surface area contributed by atoms with Crippen LogP contribution in [-0.4, -0.2) is 28.8 Å². The van der Waals surface area contributed by atoms with Crippen molar-refractivity contribution in [2.45, 2.75) is 91.6 Å². The van der Waals surface area contributed by atoms with Gasteiger partial charge in [-0.1, -0.05) is 46.5 Å². The van der Waals surface area contributed by atoms with E-state index < -0.39 is 0 Å². The second-order valence-electron chi connectivity index (χ2n) is 10.4. The van der Waals surface area contributed by atoms with Crippen LogP contribution in [0.5, 0.6) is 0 Å². The van der Waals surface area contributed by atoms with E-state index in [-0.39, 0.29) is 17.0 Å². The molecule has 22 heavy (non-hydrogen) atoms. The molecular formula is C20H35NO. The van der Waals surface area contributed by atoms with Gasteiger partial charge in [0.15, 0.2) is 5.78 Å². The predicted octanol–water partition coefficient (Wildman–Crippen LogP) is 4.67. The number of carbonyl (C=O) groups is 1. The normalized spacial score (nSPS) is 37.2. The zero-order valence-corrected chi connectivity index (χ0v) is 15.5. The van der Waals surface area contributed by atoms with Gasteiger partial charge in [-0.25, -0.2) is 0 Å². The van der Waals surface area contributed by atoms with E-state index in [1.54, 1.807) is 0 Å². The van der Waals surface area contributed by atoms with Crippen LogP contribution in [-0.2, 0) is 4.79 Å². The van der Waals surface area contributed by atoms with Gasteiger partial charge in [0, 0.05) is 17.5 Å². The lowest BCUT2D eigenvalue weighted by molar-refractivity contribution is -0.132. The molecular weight excluding hydrogens is 270 g/mol. The number of hydrogen-bond acceptors (Lipinski definition) is 2. The van der Waals surface area contributed by atoms with E-state index in [0.29, 0.717) is 11.2 Å². The molecule has 0 radical (unpaired) electrons. The second kappa shape index (κ2) is 5.06. The molecule has 3 atom stereocenters. The Labute approximate surface area is 137 Å². The molecule has 0 aromatic carbocycles. The first-order valence-electron chi connectivity index (χ1n) is 9.36. The van der Waals surface area contributed by atoms with Crippen LogP contribution in [0.2, 0.25) is 0 Å². The molecule has 2 heteroatoms.